The number of hydrogen-bond acceptors (Lipinski definition) is 5. The molecule has 1 aromatic heterocycles. The van der Waals surface area contributed by atoms with Crippen LogP contribution in [-0.4, -0.2) is 53.7 Å². The summed E-state index contributed by atoms with van der Waals surface area (Å²) < 4.78 is 5.47. The summed E-state index contributed by atoms with van der Waals surface area (Å²) in [6.07, 6.45) is 1.73. The molecule has 7 nitrogen and oxygen atoms in total. The number of piperidine rings is 1. The van der Waals surface area contributed by atoms with E-state index >= 15 is 0 Å². The molecule has 0 atom stereocenters. The monoisotopic (exact) mass is 423 g/mol. The Labute approximate surface area is 179 Å². The second-order valence-corrected chi connectivity index (χ2v) is 9.75. The first kappa shape index (κ1) is 23.4. The molecule has 2 heterocycles. The SMILES string of the molecule is CCNC(=NCc1nc(C(C)C)cs1)NCC1CCN(C(=O)OC(C)(C)C)CC1. The summed E-state index contributed by atoms with van der Waals surface area (Å²) in [5.41, 5.74) is 0.690. The maximum Gasteiger partial charge on any atom is 0.410 e. The lowest BCUT2D eigenvalue weighted by Gasteiger charge is -2.33. The number of rotatable bonds is 6. The van der Waals surface area contributed by atoms with Gasteiger partial charge in [-0.25, -0.2) is 14.8 Å². The maximum atomic E-state index is 12.2. The van der Waals surface area contributed by atoms with Crippen LogP contribution in [0.15, 0.2) is 10.4 Å². The molecular weight excluding hydrogens is 386 g/mol. The highest BCUT2D eigenvalue weighted by molar-refractivity contribution is 7.09. The first-order valence-corrected chi connectivity index (χ1v) is 11.5. The maximum absolute atomic E-state index is 12.2. The number of nitrogens with one attached hydrogen (secondary N) is 2. The van der Waals surface area contributed by atoms with Gasteiger partial charge in [-0.1, -0.05) is 13.8 Å². The van der Waals surface area contributed by atoms with Gasteiger partial charge in [0.1, 0.15) is 10.6 Å². The fraction of sp³-hybridized carbons (Fsp3) is 0.762. The van der Waals surface area contributed by atoms with Gasteiger partial charge in [0.15, 0.2) is 5.96 Å². The van der Waals surface area contributed by atoms with Crippen molar-refractivity contribution in [2.75, 3.05) is 26.2 Å². The highest BCUT2D eigenvalue weighted by Crippen LogP contribution is 2.20. The van der Waals surface area contributed by atoms with E-state index in [1.807, 2.05) is 25.7 Å². The Morgan fingerprint density at radius 2 is 2.03 bits per heavy atom. The van der Waals surface area contributed by atoms with Crippen LogP contribution in [0.4, 0.5) is 4.79 Å². The van der Waals surface area contributed by atoms with E-state index in [-0.39, 0.29) is 6.09 Å². The van der Waals surface area contributed by atoms with Gasteiger partial charge in [-0.05, 0) is 52.4 Å². The molecule has 0 aliphatic carbocycles. The van der Waals surface area contributed by atoms with Crippen molar-refractivity contribution in [2.24, 2.45) is 10.9 Å². The van der Waals surface area contributed by atoms with Crippen molar-refractivity contribution in [3.05, 3.63) is 16.1 Å². The predicted molar refractivity (Wildman–Crippen MR) is 120 cm³/mol. The number of aliphatic imine (C=N–C) groups is 1. The Hall–Kier alpha value is -1.83. The number of ether oxygens (including phenoxy) is 1. The molecule has 0 bridgehead atoms. The fourth-order valence-corrected chi connectivity index (χ4v) is 3.92. The number of amides is 1. The Morgan fingerprint density at radius 3 is 2.59 bits per heavy atom. The zero-order valence-corrected chi connectivity index (χ0v) is 19.6. The van der Waals surface area contributed by atoms with E-state index in [4.69, 9.17) is 4.74 Å². The van der Waals surface area contributed by atoms with Crippen LogP contribution in [-0.2, 0) is 11.3 Å². The summed E-state index contributed by atoms with van der Waals surface area (Å²) in [6.45, 7) is 15.8. The molecule has 1 aliphatic rings. The zero-order chi connectivity index (χ0) is 21.4. The summed E-state index contributed by atoms with van der Waals surface area (Å²) in [7, 11) is 0. The van der Waals surface area contributed by atoms with Gasteiger partial charge in [0, 0.05) is 31.6 Å². The lowest BCUT2D eigenvalue weighted by atomic mass is 9.97. The molecule has 1 fully saturated rings. The van der Waals surface area contributed by atoms with Crippen LogP contribution in [0.1, 0.15) is 71.0 Å². The van der Waals surface area contributed by atoms with Crippen LogP contribution in [0, 0.1) is 5.92 Å². The molecule has 1 amide bonds. The van der Waals surface area contributed by atoms with Crippen molar-refractivity contribution >= 4 is 23.4 Å². The van der Waals surface area contributed by atoms with Crippen molar-refractivity contribution in [3.8, 4) is 0 Å². The molecule has 0 aromatic carbocycles. The number of hydrogen-bond donors (Lipinski definition) is 2. The van der Waals surface area contributed by atoms with E-state index in [2.05, 4.69) is 46.8 Å². The van der Waals surface area contributed by atoms with Gasteiger partial charge in [-0.3, -0.25) is 0 Å². The lowest BCUT2D eigenvalue weighted by molar-refractivity contribution is 0.0185. The number of carbonyl (C=O) groups excluding carboxylic acids is 1. The fourth-order valence-electron chi connectivity index (χ4n) is 3.04. The molecule has 0 unspecified atom stereocenters. The molecule has 1 aromatic rings. The summed E-state index contributed by atoms with van der Waals surface area (Å²) >= 11 is 1.67. The van der Waals surface area contributed by atoms with Crippen molar-refractivity contribution in [1.29, 1.82) is 0 Å². The van der Waals surface area contributed by atoms with Gasteiger partial charge in [-0.15, -0.1) is 11.3 Å². The van der Waals surface area contributed by atoms with E-state index in [1.165, 1.54) is 0 Å². The van der Waals surface area contributed by atoms with Crippen LogP contribution in [0.5, 0.6) is 0 Å². The average Bonchev–Trinajstić information content (AvgIpc) is 3.12. The predicted octanol–water partition coefficient (Wildman–Crippen LogP) is 3.97. The number of guanidine groups is 1. The zero-order valence-electron chi connectivity index (χ0n) is 18.7. The highest BCUT2D eigenvalue weighted by Gasteiger charge is 2.26. The van der Waals surface area contributed by atoms with E-state index < -0.39 is 5.60 Å². The summed E-state index contributed by atoms with van der Waals surface area (Å²) in [5.74, 6) is 1.79. The number of likely N-dealkylation sites (tertiary alicyclic amines) is 1. The van der Waals surface area contributed by atoms with Gasteiger partial charge < -0.3 is 20.3 Å². The Morgan fingerprint density at radius 1 is 1.34 bits per heavy atom. The molecule has 0 radical (unpaired) electrons. The van der Waals surface area contributed by atoms with Crippen LogP contribution in [0.25, 0.3) is 0 Å². The Balaban J connectivity index is 1.79. The molecule has 1 saturated heterocycles. The van der Waals surface area contributed by atoms with Gasteiger partial charge in [-0.2, -0.15) is 0 Å². The number of aromatic nitrogens is 1. The minimum Gasteiger partial charge on any atom is -0.444 e. The molecular formula is C21H37N5O2S. The van der Waals surface area contributed by atoms with Gasteiger partial charge in [0.05, 0.1) is 12.2 Å². The van der Waals surface area contributed by atoms with Gasteiger partial charge >= 0.3 is 6.09 Å². The second-order valence-electron chi connectivity index (χ2n) is 8.81. The highest BCUT2D eigenvalue weighted by atomic mass is 32.1. The smallest absolute Gasteiger partial charge is 0.410 e. The minimum absolute atomic E-state index is 0.206. The van der Waals surface area contributed by atoms with Crippen LogP contribution in [0.2, 0.25) is 0 Å². The van der Waals surface area contributed by atoms with Crippen molar-refractivity contribution in [1.82, 2.24) is 20.5 Å². The van der Waals surface area contributed by atoms with E-state index in [0.717, 1.165) is 55.7 Å². The second kappa shape index (κ2) is 10.8. The summed E-state index contributed by atoms with van der Waals surface area (Å²) in [6, 6.07) is 0. The Kier molecular flexibility index (Phi) is 8.74. The molecule has 2 rings (SSSR count). The largest absolute Gasteiger partial charge is 0.444 e. The van der Waals surface area contributed by atoms with Crippen LogP contribution in [0.3, 0.4) is 0 Å². The molecule has 2 N–H and O–H groups in total. The third kappa shape index (κ3) is 8.20. The number of nitrogens with zero attached hydrogens (tertiary/aromatic N) is 3. The topological polar surface area (TPSA) is 78.9 Å². The quantitative estimate of drug-likeness (QED) is 0.535. The first-order valence-electron chi connectivity index (χ1n) is 10.6. The van der Waals surface area contributed by atoms with E-state index in [9.17, 15) is 4.79 Å². The first-order chi connectivity index (χ1) is 13.7. The molecule has 1 aliphatic heterocycles. The minimum atomic E-state index is -0.444. The third-order valence-corrected chi connectivity index (χ3v) is 5.55. The number of carbonyl (C=O) groups is 1. The summed E-state index contributed by atoms with van der Waals surface area (Å²) in [5, 5.41) is 9.92. The molecule has 164 valence electrons. The standard InChI is InChI=1S/C21H37N5O2S/c1-7-22-19(24-13-18-25-17(14-29-18)15(2)3)23-12-16-8-10-26(11-9-16)20(27)28-21(4,5)6/h14-16H,7-13H2,1-6H3,(H2,22,23,24). The van der Waals surface area contributed by atoms with Crippen molar-refractivity contribution < 1.29 is 9.53 Å². The molecule has 29 heavy (non-hydrogen) atoms. The van der Waals surface area contributed by atoms with Gasteiger partial charge in [0.2, 0.25) is 0 Å². The van der Waals surface area contributed by atoms with Crippen molar-refractivity contribution in [2.45, 2.75) is 72.4 Å². The molecule has 0 spiro atoms. The molecule has 8 heteroatoms. The molecule has 0 saturated carbocycles. The van der Waals surface area contributed by atoms with Crippen LogP contribution < -0.4 is 10.6 Å². The van der Waals surface area contributed by atoms with Crippen LogP contribution >= 0.6 is 11.3 Å². The lowest BCUT2D eigenvalue weighted by Crippen LogP contribution is -2.45. The Bertz CT molecular complexity index is 673. The van der Waals surface area contributed by atoms with Gasteiger partial charge in [0.25, 0.3) is 0 Å². The normalized spacial score (nSPS) is 16.2. The average molecular weight is 424 g/mol. The summed E-state index contributed by atoms with van der Waals surface area (Å²) in [4.78, 5) is 23.3. The van der Waals surface area contributed by atoms with Crippen molar-refractivity contribution in [3.63, 3.8) is 0 Å². The van der Waals surface area contributed by atoms with E-state index in [0.29, 0.717) is 18.4 Å². The third-order valence-electron chi connectivity index (χ3n) is 4.70. The number of thiazole rings is 1. The van der Waals surface area contributed by atoms with E-state index in [1.54, 1.807) is 11.3 Å².